The molecule has 0 spiro atoms. The van der Waals surface area contributed by atoms with Gasteiger partial charge in [-0.15, -0.1) is 0 Å². The molecule has 1 atom stereocenters. The lowest BCUT2D eigenvalue weighted by Gasteiger charge is -2.06. The van der Waals surface area contributed by atoms with Crippen LogP contribution in [-0.2, 0) is 11.2 Å². The molecule has 0 saturated carbocycles. The van der Waals surface area contributed by atoms with Crippen molar-refractivity contribution in [1.82, 2.24) is 4.98 Å². The number of nitrogens with two attached hydrogens (primary N) is 1. The molecule has 0 radical (unpaired) electrons. The third-order valence-electron chi connectivity index (χ3n) is 2.82. The van der Waals surface area contributed by atoms with E-state index in [1.165, 1.54) is 0 Å². The highest BCUT2D eigenvalue weighted by atomic mass is 79.9. The van der Waals surface area contributed by atoms with Crippen molar-refractivity contribution in [2.75, 3.05) is 0 Å². The number of benzene rings is 1. The van der Waals surface area contributed by atoms with Gasteiger partial charge in [-0.05, 0) is 30.7 Å². The fraction of sp³-hybridized carbons (Fsp3) is 0.250. The Morgan fingerprint density at radius 1 is 1.59 bits per heavy atom. The van der Waals surface area contributed by atoms with E-state index in [4.69, 9.17) is 10.8 Å². The number of aromatic nitrogens is 1. The van der Waals surface area contributed by atoms with Gasteiger partial charge in [0, 0.05) is 27.5 Å². The highest BCUT2D eigenvalue weighted by molar-refractivity contribution is 9.10. The van der Waals surface area contributed by atoms with Gasteiger partial charge in [-0.25, -0.2) is 0 Å². The molecule has 0 aliphatic carbocycles. The summed E-state index contributed by atoms with van der Waals surface area (Å²) < 4.78 is 0.967. The predicted molar refractivity (Wildman–Crippen MR) is 70.1 cm³/mol. The number of halogens is 1. The molecule has 4 nitrogen and oxygen atoms in total. The summed E-state index contributed by atoms with van der Waals surface area (Å²) in [5.41, 5.74) is 8.52. The lowest BCUT2D eigenvalue weighted by atomic mass is 10.0. The highest BCUT2D eigenvalue weighted by Gasteiger charge is 2.17. The van der Waals surface area contributed by atoms with Crippen molar-refractivity contribution in [2.45, 2.75) is 19.4 Å². The van der Waals surface area contributed by atoms with Gasteiger partial charge in [0.1, 0.15) is 6.04 Å². The number of nitrogens with one attached hydrogen (secondary N) is 1. The number of fused-ring (bicyclic) bond motifs is 1. The first kappa shape index (κ1) is 12.1. The molecule has 4 N–H and O–H groups in total. The molecule has 1 heterocycles. The van der Waals surface area contributed by atoms with Crippen LogP contribution in [0.3, 0.4) is 0 Å². The quantitative estimate of drug-likeness (QED) is 0.812. The van der Waals surface area contributed by atoms with Gasteiger partial charge in [0.05, 0.1) is 0 Å². The van der Waals surface area contributed by atoms with E-state index in [-0.39, 0.29) is 0 Å². The maximum atomic E-state index is 10.8. The number of rotatable bonds is 3. The van der Waals surface area contributed by atoms with Crippen molar-refractivity contribution in [3.8, 4) is 0 Å². The van der Waals surface area contributed by atoms with Crippen molar-refractivity contribution in [2.24, 2.45) is 5.73 Å². The second-order valence-corrected chi connectivity index (χ2v) is 4.98. The largest absolute Gasteiger partial charge is 0.480 e. The van der Waals surface area contributed by atoms with Crippen LogP contribution in [0.15, 0.2) is 22.7 Å². The molecule has 0 aliphatic heterocycles. The normalized spacial score (nSPS) is 12.9. The molecule has 5 heteroatoms. The zero-order valence-electron chi connectivity index (χ0n) is 9.33. The van der Waals surface area contributed by atoms with Gasteiger partial charge in [0.15, 0.2) is 0 Å². The SMILES string of the molecule is Cc1[nH]c2ccc(Br)cc2c1CC(N)C(=O)O. The summed E-state index contributed by atoms with van der Waals surface area (Å²) in [7, 11) is 0. The van der Waals surface area contributed by atoms with Crippen molar-refractivity contribution >= 4 is 32.8 Å². The van der Waals surface area contributed by atoms with Gasteiger partial charge in [0.25, 0.3) is 0 Å². The average molecular weight is 297 g/mol. The van der Waals surface area contributed by atoms with Crippen molar-refractivity contribution in [1.29, 1.82) is 0 Å². The Morgan fingerprint density at radius 2 is 2.29 bits per heavy atom. The number of aryl methyl sites for hydroxylation is 1. The topological polar surface area (TPSA) is 79.1 Å². The van der Waals surface area contributed by atoms with E-state index < -0.39 is 12.0 Å². The molecule has 0 aliphatic rings. The first-order valence-corrected chi connectivity index (χ1v) is 6.03. The molecular weight excluding hydrogens is 284 g/mol. The van der Waals surface area contributed by atoms with Crippen LogP contribution >= 0.6 is 15.9 Å². The first-order valence-electron chi connectivity index (χ1n) is 5.24. The van der Waals surface area contributed by atoms with Gasteiger partial charge in [-0.2, -0.15) is 0 Å². The van der Waals surface area contributed by atoms with E-state index in [1.807, 2.05) is 25.1 Å². The Hall–Kier alpha value is -1.33. The molecule has 0 bridgehead atoms. The number of aliphatic carboxylic acids is 1. The number of carboxylic acid groups (broad SMARTS) is 1. The van der Waals surface area contributed by atoms with Gasteiger partial charge in [-0.3, -0.25) is 4.79 Å². The van der Waals surface area contributed by atoms with Crippen LogP contribution in [0.25, 0.3) is 10.9 Å². The van der Waals surface area contributed by atoms with Crippen molar-refractivity contribution in [3.63, 3.8) is 0 Å². The minimum absolute atomic E-state index is 0.331. The van der Waals surface area contributed by atoms with E-state index in [0.29, 0.717) is 6.42 Å². The number of hydrogen-bond acceptors (Lipinski definition) is 2. The number of hydrogen-bond donors (Lipinski definition) is 3. The van der Waals surface area contributed by atoms with E-state index >= 15 is 0 Å². The molecule has 1 aromatic heterocycles. The van der Waals surface area contributed by atoms with Crippen LogP contribution in [0, 0.1) is 6.92 Å². The van der Waals surface area contributed by atoms with Crippen molar-refractivity contribution < 1.29 is 9.90 Å². The predicted octanol–water partition coefficient (Wildman–Crippen LogP) is 2.19. The number of carbonyl (C=O) groups is 1. The van der Waals surface area contributed by atoms with Crippen LogP contribution < -0.4 is 5.73 Å². The van der Waals surface area contributed by atoms with Crippen LogP contribution in [0.1, 0.15) is 11.3 Å². The smallest absolute Gasteiger partial charge is 0.320 e. The Kier molecular flexibility index (Phi) is 3.22. The maximum absolute atomic E-state index is 10.8. The average Bonchev–Trinajstić information content (AvgIpc) is 2.55. The third-order valence-corrected chi connectivity index (χ3v) is 3.32. The molecular formula is C12H13BrN2O2. The summed E-state index contributed by atoms with van der Waals surface area (Å²) in [6, 6.07) is 5.01. The Balaban J connectivity index is 2.48. The molecule has 1 aromatic carbocycles. The Bertz CT molecular complexity index is 577. The summed E-state index contributed by atoms with van der Waals surface area (Å²) in [5.74, 6) is -0.978. The molecule has 0 amide bonds. The summed E-state index contributed by atoms with van der Waals surface area (Å²) in [6.45, 7) is 1.93. The molecule has 1 unspecified atom stereocenters. The van der Waals surface area contributed by atoms with E-state index in [1.54, 1.807) is 0 Å². The fourth-order valence-electron chi connectivity index (χ4n) is 1.92. The van der Waals surface area contributed by atoms with Gasteiger partial charge in [-0.1, -0.05) is 15.9 Å². The summed E-state index contributed by atoms with van der Waals surface area (Å²) in [4.78, 5) is 14.0. The third kappa shape index (κ3) is 2.35. The van der Waals surface area contributed by atoms with Crippen molar-refractivity contribution in [3.05, 3.63) is 33.9 Å². The zero-order chi connectivity index (χ0) is 12.6. The van der Waals surface area contributed by atoms with Gasteiger partial charge >= 0.3 is 5.97 Å². The second-order valence-electron chi connectivity index (χ2n) is 4.07. The van der Waals surface area contributed by atoms with Gasteiger partial charge in [0.2, 0.25) is 0 Å². The van der Waals surface area contributed by atoms with Crippen LogP contribution in [0.2, 0.25) is 0 Å². The van der Waals surface area contributed by atoms with E-state index in [9.17, 15) is 4.79 Å². The summed E-state index contributed by atoms with van der Waals surface area (Å²) >= 11 is 3.41. The van der Waals surface area contributed by atoms with Crippen LogP contribution in [0.4, 0.5) is 0 Å². The van der Waals surface area contributed by atoms with Crippen LogP contribution in [0.5, 0.6) is 0 Å². The lowest BCUT2D eigenvalue weighted by Crippen LogP contribution is -2.32. The number of carboxylic acids is 1. The van der Waals surface area contributed by atoms with E-state index in [2.05, 4.69) is 20.9 Å². The minimum atomic E-state index is -0.978. The molecule has 17 heavy (non-hydrogen) atoms. The Labute approximate surface area is 107 Å². The summed E-state index contributed by atoms with van der Waals surface area (Å²) in [6.07, 6.45) is 0.331. The fourth-order valence-corrected chi connectivity index (χ4v) is 2.29. The lowest BCUT2D eigenvalue weighted by molar-refractivity contribution is -0.138. The molecule has 90 valence electrons. The second kappa shape index (κ2) is 4.50. The molecule has 0 saturated heterocycles. The summed E-state index contributed by atoms with van der Waals surface area (Å²) in [5, 5.41) is 9.88. The van der Waals surface area contributed by atoms with Gasteiger partial charge < -0.3 is 15.8 Å². The molecule has 0 fully saturated rings. The first-order chi connectivity index (χ1) is 7.99. The number of H-pyrrole nitrogens is 1. The maximum Gasteiger partial charge on any atom is 0.320 e. The monoisotopic (exact) mass is 296 g/mol. The Morgan fingerprint density at radius 3 is 2.94 bits per heavy atom. The van der Waals surface area contributed by atoms with Crippen LogP contribution in [-0.4, -0.2) is 22.1 Å². The highest BCUT2D eigenvalue weighted by Crippen LogP contribution is 2.26. The molecule has 2 rings (SSSR count). The standard InChI is InChI=1S/C12H13BrN2O2/c1-6-8(5-10(14)12(16)17)9-4-7(13)2-3-11(9)15-6/h2-4,10,15H,5,14H2,1H3,(H,16,17). The minimum Gasteiger partial charge on any atom is -0.480 e. The van der Waals surface area contributed by atoms with E-state index in [0.717, 1.165) is 26.6 Å². The zero-order valence-corrected chi connectivity index (χ0v) is 10.9. The molecule has 2 aromatic rings. The number of aromatic amines is 1.